The summed E-state index contributed by atoms with van der Waals surface area (Å²) in [5.41, 5.74) is 35.7. The maximum Gasteiger partial charge on any atom is 0.160 e. The highest BCUT2D eigenvalue weighted by molar-refractivity contribution is 6.24. The Morgan fingerprint density at radius 3 is 0.754 bits per heavy atom. The monoisotopic (exact) mass is 1450 g/mol. The van der Waals surface area contributed by atoms with E-state index in [-0.39, 0.29) is 0 Å². The van der Waals surface area contributed by atoms with Gasteiger partial charge in [-0.25, -0.2) is 19.9 Å². The number of nitrogens with zero attached hydrogens (tertiary/aromatic N) is 8. The van der Waals surface area contributed by atoms with Gasteiger partial charge < -0.3 is 0 Å². The van der Waals surface area contributed by atoms with Crippen LogP contribution in [0.2, 0.25) is 0 Å². The van der Waals surface area contributed by atoms with Gasteiger partial charge in [0.05, 0.1) is 57.4 Å². The fourth-order valence-electron chi connectivity index (χ4n) is 16.3. The van der Waals surface area contributed by atoms with E-state index >= 15 is 0 Å². The van der Waals surface area contributed by atoms with Crippen molar-refractivity contribution in [3.63, 3.8) is 0 Å². The molecule has 0 bridgehead atoms. The first-order chi connectivity index (χ1) is 56.4. The summed E-state index contributed by atoms with van der Waals surface area (Å²) in [5, 5.41) is 23.9. The van der Waals surface area contributed by atoms with Gasteiger partial charge in [0.15, 0.2) is 11.6 Å². The van der Waals surface area contributed by atoms with Gasteiger partial charge in [-0.2, -0.15) is 10.5 Å². The van der Waals surface area contributed by atoms with Crippen LogP contribution >= 0.6 is 0 Å². The smallest absolute Gasteiger partial charge is 0.160 e. The summed E-state index contributed by atoms with van der Waals surface area (Å²) in [6, 6.07) is 135. The predicted octanol–water partition coefficient (Wildman–Crippen LogP) is 26.8. The summed E-state index contributed by atoms with van der Waals surface area (Å²) >= 11 is 0. The molecule has 8 nitrogen and oxygen atoms in total. The molecule has 4 heterocycles. The number of benzene rings is 15. The predicted molar refractivity (Wildman–Crippen MR) is 464 cm³/mol. The molecular formula is C106H64N8. The van der Waals surface area contributed by atoms with Crippen LogP contribution in [-0.2, 0) is 0 Å². The zero-order valence-electron chi connectivity index (χ0n) is 61.5. The van der Waals surface area contributed by atoms with E-state index in [0.717, 1.165) is 129 Å². The van der Waals surface area contributed by atoms with Crippen LogP contribution in [0.4, 0.5) is 0 Å². The first kappa shape index (κ1) is 67.6. The normalized spacial score (nSPS) is 11.3. The topological polar surface area (TPSA) is 125 Å². The minimum atomic E-state index is 0.630. The fraction of sp³-hybridized carbons (Fsp3) is 0. The average molecular weight is 1450 g/mol. The van der Waals surface area contributed by atoms with E-state index in [1.165, 1.54) is 71.8 Å². The Balaban J connectivity index is 0.000000149. The Labute approximate surface area is 660 Å². The van der Waals surface area contributed by atoms with E-state index < -0.39 is 0 Å². The van der Waals surface area contributed by atoms with Gasteiger partial charge in [-0.3, -0.25) is 9.97 Å². The Bertz CT molecular complexity index is 6740. The van der Waals surface area contributed by atoms with Gasteiger partial charge in [0, 0.05) is 62.3 Å². The quantitative estimate of drug-likeness (QED) is 0.112. The highest BCUT2D eigenvalue weighted by Gasteiger charge is 2.28. The molecule has 2 aliphatic rings. The number of pyridine rings is 2. The lowest BCUT2D eigenvalue weighted by Crippen LogP contribution is -1.97. The van der Waals surface area contributed by atoms with E-state index in [0.29, 0.717) is 22.8 Å². The van der Waals surface area contributed by atoms with E-state index in [4.69, 9.17) is 19.9 Å². The minimum Gasteiger partial charge on any atom is -0.256 e. The third-order valence-electron chi connectivity index (χ3n) is 22.0. The zero-order chi connectivity index (χ0) is 76.0. The maximum atomic E-state index is 9.56. The second-order valence-corrected chi connectivity index (χ2v) is 28.6. The van der Waals surface area contributed by atoms with Crippen LogP contribution in [0.3, 0.4) is 0 Å². The minimum absolute atomic E-state index is 0.630. The van der Waals surface area contributed by atoms with Crippen molar-refractivity contribution < 1.29 is 0 Å². The number of rotatable bonds is 13. The van der Waals surface area contributed by atoms with Crippen LogP contribution in [0.1, 0.15) is 11.1 Å². The molecular weight excluding hydrogens is 1390 g/mol. The van der Waals surface area contributed by atoms with E-state index in [9.17, 15) is 10.5 Å². The molecule has 21 rings (SSSR count). The molecule has 0 amide bonds. The third-order valence-corrected chi connectivity index (χ3v) is 22.0. The van der Waals surface area contributed by atoms with Crippen LogP contribution in [0.5, 0.6) is 0 Å². The summed E-state index contributed by atoms with van der Waals surface area (Å²) in [4.78, 5) is 30.0. The molecule has 0 aliphatic heterocycles. The van der Waals surface area contributed by atoms with Gasteiger partial charge >= 0.3 is 0 Å². The third kappa shape index (κ3) is 12.5. The largest absolute Gasteiger partial charge is 0.256 e. The number of nitriles is 2. The van der Waals surface area contributed by atoms with Gasteiger partial charge in [-0.15, -0.1) is 0 Å². The second-order valence-electron chi connectivity index (χ2n) is 28.6. The number of fused-ring (bicyclic) bond motifs is 6. The van der Waals surface area contributed by atoms with E-state index in [2.05, 4.69) is 313 Å². The molecule has 0 fully saturated rings. The van der Waals surface area contributed by atoms with Crippen LogP contribution < -0.4 is 0 Å². The van der Waals surface area contributed by atoms with Gasteiger partial charge in [0.25, 0.3) is 0 Å². The van der Waals surface area contributed by atoms with Gasteiger partial charge in [-0.1, -0.05) is 315 Å². The molecule has 15 aromatic carbocycles. The highest BCUT2D eigenvalue weighted by Crippen LogP contribution is 2.54. The van der Waals surface area contributed by atoms with Crippen LogP contribution in [0.25, 0.3) is 212 Å². The van der Waals surface area contributed by atoms with Gasteiger partial charge in [0.2, 0.25) is 0 Å². The lowest BCUT2D eigenvalue weighted by Gasteiger charge is -2.16. The van der Waals surface area contributed by atoms with Crippen molar-refractivity contribution in [3.05, 3.63) is 400 Å². The van der Waals surface area contributed by atoms with Gasteiger partial charge in [0.1, 0.15) is 0 Å². The number of aromatic nitrogens is 6. The van der Waals surface area contributed by atoms with Crippen molar-refractivity contribution >= 4 is 21.5 Å². The summed E-state index contributed by atoms with van der Waals surface area (Å²) < 4.78 is 0. The molecule has 528 valence electrons. The van der Waals surface area contributed by atoms with E-state index in [1.807, 2.05) is 97.3 Å². The molecule has 0 spiro atoms. The van der Waals surface area contributed by atoms with Crippen molar-refractivity contribution in [3.8, 4) is 203 Å². The maximum absolute atomic E-state index is 9.56. The Hall–Kier alpha value is -15.7. The number of hydrogen-bond acceptors (Lipinski definition) is 8. The fourth-order valence-corrected chi connectivity index (χ4v) is 16.3. The molecule has 0 saturated carbocycles. The second kappa shape index (κ2) is 29.0. The summed E-state index contributed by atoms with van der Waals surface area (Å²) in [7, 11) is 0. The highest BCUT2D eigenvalue weighted by atomic mass is 14.9. The first-order valence-electron chi connectivity index (χ1n) is 38.1. The lowest BCUT2D eigenvalue weighted by molar-refractivity contribution is 1.18. The SMILES string of the molecule is N#Cc1ccc(-c2ccc3c4c(ccc(-c5cc(-c6ccc(-c7ccccn7)cc6)nc(-c6ccc(-c7ccccn7)cc6)n5)c24)-c2ccccc2-3)cc1.N#Cc1ccc(-c2ccc3c4c(ccc(-c5ccc(-c6cc(-c7ccc(-c8ccccc8)cc7)nc(-c7ccc(-c8ccccc8)cc7)n6)cc5)c24)-c2ccccc2-3)cc1. The zero-order valence-corrected chi connectivity index (χ0v) is 61.5. The molecule has 8 heteroatoms. The molecule has 0 saturated heterocycles. The lowest BCUT2D eigenvalue weighted by atomic mass is 9.88. The first-order valence-corrected chi connectivity index (χ1v) is 38.1. The van der Waals surface area contributed by atoms with Crippen LogP contribution in [0, 0.1) is 22.7 Å². The molecule has 2 aliphatic carbocycles. The molecule has 4 aromatic heterocycles. The molecule has 114 heavy (non-hydrogen) atoms. The van der Waals surface area contributed by atoms with Crippen molar-refractivity contribution in [2.45, 2.75) is 0 Å². The Morgan fingerprint density at radius 1 is 0.167 bits per heavy atom. The van der Waals surface area contributed by atoms with Crippen molar-refractivity contribution in [2.75, 3.05) is 0 Å². The molecule has 0 N–H and O–H groups in total. The Morgan fingerprint density at radius 2 is 0.412 bits per heavy atom. The van der Waals surface area contributed by atoms with Crippen molar-refractivity contribution in [2.24, 2.45) is 0 Å². The number of hydrogen-bond donors (Lipinski definition) is 0. The molecule has 0 atom stereocenters. The average Bonchev–Trinajstić information content (AvgIpc) is 1.56. The summed E-state index contributed by atoms with van der Waals surface area (Å²) in [6.07, 6.45) is 3.62. The van der Waals surface area contributed by atoms with Crippen molar-refractivity contribution in [1.82, 2.24) is 29.9 Å². The Kier molecular flexibility index (Phi) is 17.2. The summed E-state index contributed by atoms with van der Waals surface area (Å²) in [6.45, 7) is 0. The standard InChI is InChI=1S/C57H35N3.C49H29N5/c58-36-37-15-17-42(18-16-37)47-31-33-51-49-13-7-8-14-50(49)52-34-32-48(55(47)56(51)52)43-23-27-45(28-24-43)54-35-53(44-25-19-40(20-26-44)38-9-3-1-4-10-38)59-57(60-54)46-29-21-41(22-30-46)39-11-5-2-6-12-39;50-30-31-11-13-32(14-12-31)37-23-24-40-38-7-1-2-8-39(38)41-25-26-42(47(37)48(40)41)46-29-45(35-17-15-33(16-18-35)43-9-3-5-27-51-43)53-49(54-46)36-21-19-34(20-22-36)44-10-4-6-28-52-44/h1-35H;1-29H. The molecule has 0 unspecified atom stereocenters. The van der Waals surface area contributed by atoms with Gasteiger partial charge in [-0.05, 0) is 177 Å². The molecule has 19 aromatic rings. The van der Waals surface area contributed by atoms with Crippen LogP contribution in [0.15, 0.2) is 389 Å². The van der Waals surface area contributed by atoms with E-state index in [1.54, 1.807) is 0 Å². The summed E-state index contributed by atoms with van der Waals surface area (Å²) in [5.74, 6) is 1.31. The van der Waals surface area contributed by atoms with Crippen LogP contribution in [-0.4, -0.2) is 29.9 Å². The van der Waals surface area contributed by atoms with Crippen molar-refractivity contribution in [1.29, 1.82) is 10.5 Å². The molecule has 0 radical (unpaired) electrons.